The van der Waals surface area contributed by atoms with Gasteiger partial charge in [0.2, 0.25) is 0 Å². The summed E-state index contributed by atoms with van der Waals surface area (Å²) in [7, 11) is 0. The van der Waals surface area contributed by atoms with Crippen LogP contribution in [0.1, 0.15) is 0 Å². The lowest BCUT2D eigenvalue weighted by atomic mass is 10.3. The van der Waals surface area contributed by atoms with Crippen molar-refractivity contribution in [2.24, 2.45) is 0 Å². The van der Waals surface area contributed by atoms with E-state index in [4.69, 9.17) is 49.7 Å². The number of ether oxygens (including phenoxy) is 1. The van der Waals surface area contributed by atoms with Crippen molar-refractivity contribution in [2.75, 3.05) is 0 Å². The van der Waals surface area contributed by atoms with Crippen LogP contribution in [0.4, 0.5) is 0 Å². The van der Waals surface area contributed by atoms with Crippen LogP contribution in [0.5, 0.6) is 11.5 Å². The predicted octanol–water partition coefficient (Wildman–Crippen LogP) is 6.31. The van der Waals surface area contributed by atoms with Crippen LogP contribution < -0.4 is 15.3 Å². The molecule has 0 unspecified atom stereocenters. The first-order valence-corrected chi connectivity index (χ1v) is 11.5. The van der Waals surface area contributed by atoms with Crippen LogP contribution in [-0.2, 0) is 0 Å². The van der Waals surface area contributed by atoms with Crippen molar-refractivity contribution in [1.29, 1.82) is 0 Å². The minimum atomic E-state index is -1.28. The second-order valence-corrected chi connectivity index (χ2v) is 10.5. The van der Waals surface area contributed by atoms with Crippen LogP contribution in [0.3, 0.4) is 0 Å². The third kappa shape index (κ3) is 4.11. The molecule has 2 rings (SSSR count). The lowest BCUT2D eigenvalue weighted by Gasteiger charge is -2.14. The molecule has 0 bridgehead atoms. The molecule has 7 heteroatoms. The molecular weight excluding hydrogens is 364 g/mol. The molecule has 0 spiro atoms. The molecular formula is C12H8Cl4OP2. The quantitative estimate of drug-likeness (QED) is 0.572. The Kier molecular flexibility index (Phi) is 6.03. The Balaban J connectivity index is 2.37. The third-order valence-corrected chi connectivity index (χ3v) is 5.97. The summed E-state index contributed by atoms with van der Waals surface area (Å²) >= 11 is 23.9. The number of para-hydroxylation sites is 2. The fourth-order valence-electron chi connectivity index (χ4n) is 1.48. The number of halogens is 4. The van der Waals surface area contributed by atoms with Crippen LogP contribution in [-0.4, -0.2) is 0 Å². The van der Waals surface area contributed by atoms with Gasteiger partial charge >= 0.3 is 0 Å². The molecule has 0 aromatic heterocycles. The molecule has 1 nitrogen and oxygen atoms in total. The van der Waals surface area contributed by atoms with Gasteiger partial charge in [0.15, 0.2) is 0 Å². The minimum absolute atomic E-state index is 0.622. The Bertz CT molecular complexity index is 513. The third-order valence-electron chi connectivity index (χ3n) is 2.31. The summed E-state index contributed by atoms with van der Waals surface area (Å²) in [6, 6.07) is 14.8. The summed E-state index contributed by atoms with van der Waals surface area (Å²) in [5.74, 6) is 1.24. The molecule has 2 aromatic carbocycles. The maximum atomic E-state index is 5.98. The van der Waals surface area contributed by atoms with Crippen molar-refractivity contribution in [3.8, 4) is 11.5 Å². The monoisotopic (exact) mass is 370 g/mol. The van der Waals surface area contributed by atoms with E-state index in [1.165, 1.54) is 0 Å². The predicted molar refractivity (Wildman–Crippen MR) is 89.5 cm³/mol. The highest BCUT2D eigenvalue weighted by molar-refractivity contribution is 8.09. The summed E-state index contributed by atoms with van der Waals surface area (Å²) in [5.41, 5.74) is 0. The van der Waals surface area contributed by atoms with E-state index in [0.717, 1.165) is 10.6 Å². The number of rotatable bonds is 4. The van der Waals surface area contributed by atoms with E-state index in [-0.39, 0.29) is 0 Å². The normalized spacial score (nSPS) is 11.1. The zero-order valence-corrected chi connectivity index (χ0v) is 14.2. The van der Waals surface area contributed by atoms with E-state index in [2.05, 4.69) is 0 Å². The Labute approximate surface area is 133 Å². The Morgan fingerprint density at radius 3 is 1.37 bits per heavy atom. The maximum absolute atomic E-state index is 5.98. The first-order valence-electron chi connectivity index (χ1n) is 5.19. The van der Waals surface area contributed by atoms with Crippen molar-refractivity contribution >= 4 is 68.8 Å². The number of hydrogen-bond acceptors (Lipinski definition) is 1. The first-order chi connectivity index (χ1) is 9.09. The lowest BCUT2D eigenvalue weighted by Crippen LogP contribution is -2.05. The molecule has 0 heterocycles. The van der Waals surface area contributed by atoms with Crippen molar-refractivity contribution in [3.63, 3.8) is 0 Å². The van der Waals surface area contributed by atoms with Crippen LogP contribution >= 0.6 is 58.2 Å². The van der Waals surface area contributed by atoms with Gasteiger partial charge in [0.25, 0.3) is 0 Å². The van der Waals surface area contributed by atoms with Crippen LogP contribution in [0.15, 0.2) is 48.5 Å². The van der Waals surface area contributed by atoms with Crippen molar-refractivity contribution in [3.05, 3.63) is 48.5 Å². The Morgan fingerprint density at radius 1 is 0.632 bits per heavy atom. The molecule has 0 amide bonds. The highest BCUT2D eigenvalue weighted by Gasteiger charge is 2.15. The highest BCUT2D eigenvalue weighted by Crippen LogP contribution is 2.50. The van der Waals surface area contributed by atoms with E-state index in [1.807, 2.05) is 48.5 Å². The molecule has 0 saturated heterocycles. The Hall–Kier alpha value is 0.260. The molecule has 0 radical (unpaired) electrons. The number of benzene rings is 2. The molecule has 0 N–H and O–H groups in total. The van der Waals surface area contributed by atoms with Gasteiger partial charge in [-0.25, -0.2) is 0 Å². The highest BCUT2D eigenvalue weighted by atomic mass is 35.9. The molecule has 0 aliphatic carbocycles. The van der Waals surface area contributed by atoms with Crippen molar-refractivity contribution in [2.45, 2.75) is 0 Å². The van der Waals surface area contributed by atoms with Crippen LogP contribution in [0, 0.1) is 0 Å². The molecule has 0 aliphatic rings. The van der Waals surface area contributed by atoms with Gasteiger partial charge < -0.3 is 4.74 Å². The van der Waals surface area contributed by atoms with Gasteiger partial charge in [0, 0.05) is 10.6 Å². The molecule has 2 aromatic rings. The average Bonchev–Trinajstić information content (AvgIpc) is 2.39. The van der Waals surface area contributed by atoms with Gasteiger partial charge in [-0.2, -0.15) is 0 Å². The summed E-state index contributed by atoms with van der Waals surface area (Å²) < 4.78 is 5.86. The van der Waals surface area contributed by atoms with Crippen LogP contribution in [0.25, 0.3) is 0 Å². The summed E-state index contributed by atoms with van der Waals surface area (Å²) in [4.78, 5) is 0. The van der Waals surface area contributed by atoms with Gasteiger partial charge in [-0.3, -0.25) is 0 Å². The molecule has 0 saturated carbocycles. The zero-order chi connectivity index (χ0) is 13.8. The smallest absolute Gasteiger partial charge is 0.137 e. The van der Waals surface area contributed by atoms with E-state index in [9.17, 15) is 0 Å². The van der Waals surface area contributed by atoms with Gasteiger partial charge in [0.05, 0.1) is 0 Å². The Morgan fingerprint density at radius 2 is 1.00 bits per heavy atom. The fourth-order valence-corrected chi connectivity index (χ4v) is 4.13. The molecule has 0 atom stereocenters. The topological polar surface area (TPSA) is 9.23 Å². The van der Waals surface area contributed by atoms with Crippen LogP contribution in [0.2, 0.25) is 0 Å². The van der Waals surface area contributed by atoms with E-state index in [0.29, 0.717) is 11.5 Å². The summed E-state index contributed by atoms with van der Waals surface area (Å²) in [6.07, 6.45) is 0. The van der Waals surface area contributed by atoms with Gasteiger partial charge in [-0.15, -0.1) is 0 Å². The van der Waals surface area contributed by atoms with Gasteiger partial charge in [-0.05, 0) is 24.3 Å². The standard InChI is InChI=1S/C12H8Cl4OP2/c13-18(14)11-7-3-1-5-9(11)17-10-6-2-4-8-12(10)19(15)16/h1-8H. The molecule has 19 heavy (non-hydrogen) atoms. The van der Waals surface area contributed by atoms with Gasteiger partial charge in [0.1, 0.15) is 24.8 Å². The second kappa shape index (κ2) is 7.32. The largest absolute Gasteiger partial charge is 0.456 e. The van der Waals surface area contributed by atoms with Crippen molar-refractivity contribution < 1.29 is 4.74 Å². The summed E-state index contributed by atoms with van der Waals surface area (Å²) in [5, 5.41) is 1.54. The fraction of sp³-hybridized carbons (Fsp3) is 0. The number of hydrogen-bond donors (Lipinski definition) is 0. The SMILES string of the molecule is ClP(Cl)c1ccccc1Oc1ccccc1P(Cl)Cl. The summed E-state index contributed by atoms with van der Waals surface area (Å²) in [6.45, 7) is -2.56. The maximum Gasteiger partial charge on any atom is 0.137 e. The van der Waals surface area contributed by atoms with E-state index < -0.39 is 13.3 Å². The first kappa shape index (κ1) is 15.6. The lowest BCUT2D eigenvalue weighted by molar-refractivity contribution is 0.491. The van der Waals surface area contributed by atoms with Crippen molar-refractivity contribution in [1.82, 2.24) is 0 Å². The molecule has 100 valence electrons. The minimum Gasteiger partial charge on any atom is -0.456 e. The molecule has 0 aliphatic heterocycles. The zero-order valence-electron chi connectivity index (χ0n) is 9.43. The average molecular weight is 372 g/mol. The van der Waals surface area contributed by atoms with Gasteiger partial charge in [-0.1, -0.05) is 69.2 Å². The second-order valence-electron chi connectivity index (χ2n) is 3.50. The molecule has 0 fully saturated rings. The van der Waals surface area contributed by atoms with E-state index in [1.54, 1.807) is 0 Å². The van der Waals surface area contributed by atoms with E-state index >= 15 is 0 Å².